The summed E-state index contributed by atoms with van der Waals surface area (Å²) in [7, 11) is 3.45. The number of amides is 2. The van der Waals surface area contributed by atoms with Gasteiger partial charge in [-0.1, -0.05) is 38.1 Å². The van der Waals surface area contributed by atoms with E-state index in [1.165, 1.54) is 0 Å². The fraction of sp³-hybridized carbons (Fsp3) is 0.300. The first kappa shape index (κ1) is 19.1. The van der Waals surface area contributed by atoms with Crippen LogP contribution in [0.25, 0.3) is 0 Å². The van der Waals surface area contributed by atoms with Gasteiger partial charge < -0.3 is 10.2 Å². The summed E-state index contributed by atoms with van der Waals surface area (Å²) in [5.74, 6) is -0.118. The van der Waals surface area contributed by atoms with Gasteiger partial charge >= 0.3 is 0 Å². The molecule has 0 fully saturated rings. The zero-order valence-electron chi connectivity index (χ0n) is 15.1. The lowest BCUT2D eigenvalue weighted by Gasteiger charge is -2.12. The van der Waals surface area contributed by atoms with Crippen molar-refractivity contribution in [2.75, 3.05) is 14.1 Å². The van der Waals surface area contributed by atoms with E-state index >= 15 is 0 Å². The van der Waals surface area contributed by atoms with Gasteiger partial charge in [-0.3, -0.25) is 9.59 Å². The lowest BCUT2D eigenvalue weighted by molar-refractivity contribution is 0.0827. The van der Waals surface area contributed by atoms with Gasteiger partial charge in [-0.15, -0.1) is 11.8 Å². The molecule has 2 aromatic carbocycles. The molecule has 2 amide bonds. The Labute approximate surface area is 153 Å². The quantitative estimate of drug-likeness (QED) is 0.801. The number of hydrogen-bond acceptors (Lipinski definition) is 3. The predicted molar refractivity (Wildman–Crippen MR) is 103 cm³/mol. The summed E-state index contributed by atoms with van der Waals surface area (Å²) in [4.78, 5) is 26.9. The number of nitrogens with one attached hydrogen (secondary N) is 1. The van der Waals surface area contributed by atoms with Gasteiger partial charge in [-0.25, -0.2) is 0 Å². The fourth-order valence-electron chi connectivity index (χ4n) is 2.31. The van der Waals surface area contributed by atoms with E-state index < -0.39 is 0 Å². The van der Waals surface area contributed by atoms with Crippen molar-refractivity contribution in [1.82, 2.24) is 10.2 Å². The van der Waals surface area contributed by atoms with Crippen LogP contribution in [0.15, 0.2) is 53.4 Å². The Balaban J connectivity index is 2.02. The standard InChI is InChI=1S/C20H24N2O2S/c1-14(2)25-18-8-6-5-7-17(18)19(23)21-13-15-9-11-16(12-10-15)20(24)22(3)4/h5-12,14H,13H2,1-4H3,(H,21,23). The second kappa shape index (κ2) is 8.72. The third-order valence-corrected chi connectivity index (χ3v) is 4.64. The van der Waals surface area contributed by atoms with Gasteiger partial charge in [0.15, 0.2) is 0 Å². The molecule has 5 heteroatoms. The first-order valence-corrected chi connectivity index (χ1v) is 9.11. The van der Waals surface area contributed by atoms with Gasteiger partial charge in [0.2, 0.25) is 0 Å². The third-order valence-electron chi connectivity index (χ3n) is 3.55. The van der Waals surface area contributed by atoms with Gasteiger partial charge in [-0.2, -0.15) is 0 Å². The smallest absolute Gasteiger partial charge is 0.253 e. The zero-order valence-corrected chi connectivity index (χ0v) is 15.9. The molecule has 0 radical (unpaired) electrons. The van der Waals surface area contributed by atoms with Crippen molar-refractivity contribution in [3.05, 3.63) is 65.2 Å². The molecule has 0 unspecified atom stereocenters. The van der Waals surface area contributed by atoms with E-state index in [-0.39, 0.29) is 11.8 Å². The summed E-state index contributed by atoms with van der Waals surface area (Å²) in [5.41, 5.74) is 2.29. The SMILES string of the molecule is CC(C)Sc1ccccc1C(=O)NCc1ccc(C(=O)N(C)C)cc1. The van der Waals surface area contributed by atoms with Crippen LogP contribution in [0.4, 0.5) is 0 Å². The monoisotopic (exact) mass is 356 g/mol. The molecule has 0 heterocycles. The molecule has 4 nitrogen and oxygen atoms in total. The Morgan fingerprint density at radius 2 is 1.68 bits per heavy atom. The average Bonchev–Trinajstić information content (AvgIpc) is 2.59. The Bertz CT molecular complexity index is 740. The van der Waals surface area contributed by atoms with Crippen molar-refractivity contribution in [3.63, 3.8) is 0 Å². The number of carbonyl (C=O) groups excluding carboxylic acids is 2. The Morgan fingerprint density at radius 1 is 1.04 bits per heavy atom. The zero-order chi connectivity index (χ0) is 18.4. The summed E-state index contributed by atoms with van der Waals surface area (Å²) in [6, 6.07) is 14.9. The van der Waals surface area contributed by atoms with Crippen LogP contribution in [0.1, 0.15) is 40.1 Å². The van der Waals surface area contributed by atoms with E-state index in [9.17, 15) is 9.59 Å². The molecule has 0 saturated heterocycles. The number of thioether (sulfide) groups is 1. The van der Waals surface area contributed by atoms with Crippen molar-refractivity contribution in [1.29, 1.82) is 0 Å². The lowest BCUT2D eigenvalue weighted by Crippen LogP contribution is -2.24. The van der Waals surface area contributed by atoms with Crippen LogP contribution in [0, 0.1) is 0 Å². The maximum atomic E-state index is 12.5. The van der Waals surface area contributed by atoms with E-state index in [0.29, 0.717) is 22.9 Å². The predicted octanol–water partition coefficient (Wildman–Crippen LogP) is 3.82. The minimum Gasteiger partial charge on any atom is -0.348 e. The molecule has 25 heavy (non-hydrogen) atoms. The van der Waals surface area contributed by atoms with E-state index in [4.69, 9.17) is 0 Å². The van der Waals surface area contributed by atoms with Crippen LogP contribution in [0.5, 0.6) is 0 Å². The normalized spacial score (nSPS) is 10.6. The molecule has 0 aliphatic carbocycles. The van der Waals surface area contributed by atoms with Crippen LogP contribution in [0.3, 0.4) is 0 Å². The lowest BCUT2D eigenvalue weighted by atomic mass is 10.1. The number of hydrogen-bond donors (Lipinski definition) is 1. The molecule has 0 aliphatic heterocycles. The fourth-order valence-corrected chi connectivity index (χ4v) is 3.26. The number of carbonyl (C=O) groups is 2. The molecule has 2 aromatic rings. The Hall–Kier alpha value is -2.27. The summed E-state index contributed by atoms with van der Waals surface area (Å²) in [6.07, 6.45) is 0. The highest BCUT2D eigenvalue weighted by molar-refractivity contribution is 8.00. The van der Waals surface area contributed by atoms with E-state index in [1.54, 1.807) is 42.9 Å². The Morgan fingerprint density at radius 3 is 2.28 bits per heavy atom. The van der Waals surface area contributed by atoms with E-state index in [1.807, 2.05) is 36.4 Å². The molecular formula is C20H24N2O2S. The molecule has 132 valence electrons. The highest BCUT2D eigenvalue weighted by Gasteiger charge is 2.12. The number of benzene rings is 2. The number of nitrogens with zero attached hydrogens (tertiary/aromatic N) is 1. The minimum atomic E-state index is -0.0859. The molecule has 0 bridgehead atoms. The molecule has 0 aliphatic rings. The molecule has 0 atom stereocenters. The van der Waals surface area contributed by atoms with Gasteiger partial charge in [-0.05, 0) is 29.8 Å². The first-order valence-electron chi connectivity index (χ1n) is 8.23. The van der Waals surface area contributed by atoms with Gasteiger partial charge in [0.05, 0.1) is 5.56 Å². The average molecular weight is 356 g/mol. The summed E-state index contributed by atoms with van der Waals surface area (Å²) in [6.45, 7) is 4.64. The van der Waals surface area contributed by atoms with Crippen molar-refractivity contribution < 1.29 is 9.59 Å². The highest BCUT2D eigenvalue weighted by Crippen LogP contribution is 2.26. The van der Waals surface area contributed by atoms with Crippen molar-refractivity contribution in [2.45, 2.75) is 30.5 Å². The maximum Gasteiger partial charge on any atom is 0.253 e. The van der Waals surface area contributed by atoms with Crippen molar-refractivity contribution >= 4 is 23.6 Å². The van der Waals surface area contributed by atoms with Crippen molar-refractivity contribution in [2.24, 2.45) is 0 Å². The van der Waals surface area contributed by atoms with Gasteiger partial charge in [0, 0.05) is 36.3 Å². The molecular weight excluding hydrogens is 332 g/mol. The topological polar surface area (TPSA) is 49.4 Å². The molecule has 0 spiro atoms. The first-order chi connectivity index (χ1) is 11.9. The van der Waals surface area contributed by atoms with Crippen LogP contribution < -0.4 is 5.32 Å². The number of rotatable bonds is 6. The van der Waals surface area contributed by atoms with Crippen LogP contribution in [-0.2, 0) is 6.54 Å². The van der Waals surface area contributed by atoms with Gasteiger partial charge in [0.1, 0.15) is 0 Å². The van der Waals surface area contributed by atoms with Crippen LogP contribution in [-0.4, -0.2) is 36.1 Å². The maximum absolute atomic E-state index is 12.5. The minimum absolute atomic E-state index is 0.0322. The molecule has 2 rings (SSSR count). The van der Waals surface area contributed by atoms with E-state index in [0.717, 1.165) is 10.5 Å². The third kappa shape index (κ3) is 5.36. The molecule has 0 saturated carbocycles. The summed E-state index contributed by atoms with van der Waals surface area (Å²) >= 11 is 1.68. The highest BCUT2D eigenvalue weighted by atomic mass is 32.2. The van der Waals surface area contributed by atoms with Crippen molar-refractivity contribution in [3.8, 4) is 0 Å². The van der Waals surface area contributed by atoms with Gasteiger partial charge in [0.25, 0.3) is 11.8 Å². The summed E-state index contributed by atoms with van der Waals surface area (Å²) in [5, 5.41) is 3.37. The largest absolute Gasteiger partial charge is 0.348 e. The summed E-state index contributed by atoms with van der Waals surface area (Å²) < 4.78 is 0. The van der Waals surface area contributed by atoms with E-state index in [2.05, 4.69) is 19.2 Å². The second-order valence-electron chi connectivity index (χ2n) is 6.24. The molecule has 0 aromatic heterocycles. The van der Waals surface area contributed by atoms with Crippen LogP contribution >= 0.6 is 11.8 Å². The molecule has 1 N–H and O–H groups in total. The van der Waals surface area contributed by atoms with Crippen LogP contribution in [0.2, 0.25) is 0 Å². The second-order valence-corrected chi connectivity index (χ2v) is 7.86. The Kier molecular flexibility index (Phi) is 6.65.